The maximum absolute atomic E-state index is 6.59. The highest BCUT2D eigenvalue weighted by Gasteiger charge is 2.45. The summed E-state index contributed by atoms with van der Waals surface area (Å²) in [5.41, 5.74) is 6.85. The van der Waals surface area contributed by atoms with Crippen LogP contribution in [0.25, 0.3) is 0 Å². The minimum Gasteiger partial charge on any atom is -0.375 e. The lowest BCUT2D eigenvalue weighted by atomic mass is 9.68. The molecule has 3 fully saturated rings. The molecule has 2 aliphatic carbocycles. The van der Waals surface area contributed by atoms with E-state index in [1.807, 2.05) is 0 Å². The number of rotatable bonds is 2. The van der Waals surface area contributed by atoms with Crippen LogP contribution in [0.5, 0.6) is 0 Å². The van der Waals surface area contributed by atoms with Crippen molar-refractivity contribution in [3.8, 4) is 0 Å². The van der Waals surface area contributed by atoms with Crippen LogP contribution >= 0.6 is 0 Å². The minimum atomic E-state index is 0.266. The van der Waals surface area contributed by atoms with Crippen LogP contribution in [0.3, 0.4) is 0 Å². The summed E-state index contributed by atoms with van der Waals surface area (Å²) >= 11 is 0. The van der Waals surface area contributed by atoms with Crippen molar-refractivity contribution in [2.75, 3.05) is 6.61 Å². The predicted octanol–water partition coefficient (Wildman–Crippen LogP) is 3.10. The Bertz CT molecular complexity index is 274. The molecule has 3 aliphatic rings. The summed E-state index contributed by atoms with van der Waals surface area (Å²) < 4.78 is 6.02. The van der Waals surface area contributed by atoms with Crippen molar-refractivity contribution < 1.29 is 4.74 Å². The summed E-state index contributed by atoms with van der Waals surface area (Å²) in [6.07, 6.45) is 10.5. The second kappa shape index (κ2) is 4.55. The largest absolute Gasteiger partial charge is 0.375 e. The van der Waals surface area contributed by atoms with Gasteiger partial charge in [0.25, 0.3) is 0 Å². The molecule has 1 aliphatic heterocycles. The molecule has 3 rings (SSSR count). The molecule has 4 atom stereocenters. The molecular formula is C15H27NO. The summed E-state index contributed by atoms with van der Waals surface area (Å²) in [4.78, 5) is 0. The van der Waals surface area contributed by atoms with Crippen LogP contribution in [0.15, 0.2) is 0 Å². The third kappa shape index (κ3) is 2.15. The van der Waals surface area contributed by atoms with Gasteiger partial charge in [-0.2, -0.15) is 0 Å². The molecule has 98 valence electrons. The number of hydrogen-bond acceptors (Lipinski definition) is 2. The third-order valence-corrected chi connectivity index (χ3v) is 5.76. The Morgan fingerprint density at radius 1 is 1.18 bits per heavy atom. The lowest BCUT2D eigenvalue weighted by molar-refractivity contribution is -0.148. The standard InChI is InChI=1S/C15H27NO/c1-11-4-2-5-13(11)14(16)12-6-9-17-15(10-12)7-3-8-15/h11-14H,2-10,16H2,1H3. The molecule has 2 saturated carbocycles. The molecule has 0 radical (unpaired) electrons. The van der Waals surface area contributed by atoms with E-state index >= 15 is 0 Å². The molecule has 17 heavy (non-hydrogen) atoms. The van der Waals surface area contributed by atoms with Crippen LogP contribution in [-0.2, 0) is 4.74 Å². The molecule has 0 bridgehead atoms. The molecule has 1 spiro atoms. The predicted molar refractivity (Wildman–Crippen MR) is 69.7 cm³/mol. The van der Waals surface area contributed by atoms with Crippen LogP contribution in [0.4, 0.5) is 0 Å². The number of ether oxygens (including phenoxy) is 1. The highest BCUT2D eigenvalue weighted by atomic mass is 16.5. The van der Waals surface area contributed by atoms with E-state index in [4.69, 9.17) is 10.5 Å². The van der Waals surface area contributed by atoms with E-state index in [2.05, 4.69) is 6.92 Å². The topological polar surface area (TPSA) is 35.2 Å². The van der Waals surface area contributed by atoms with Crippen molar-refractivity contribution in [1.82, 2.24) is 0 Å². The fourth-order valence-electron chi connectivity index (χ4n) is 4.41. The summed E-state index contributed by atoms with van der Waals surface area (Å²) in [5.74, 6) is 2.37. The molecule has 2 heteroatoms. The van der Waals surface area contributed by atoms with E-state index < -0.39 is 0 Å². The number of hydrogen-bond donors (Lipinski definition) is 1. The summed E-state index contributed by atoms with van der Waals surface area (Å²) in [7, 11) is 0. The molecular weight excluding hydrogens is 210 g/mol. The lowest BCUT2D eigenvalue weighted by Crippen LogP contribution is -2.51. The molecule has 2 nitrogen and oxygen atoms in total. The lowest BCUT2D eigenvalue weighted by Gasteiger charge is -2.49. The first kappa shape index (κ1) is 12.0. The van der Waals surface area contributed by atoms with E-state index in [-0.39, 0.29) is 5.60 Å². The maximum Gasteiger partial charge on any atom is 0.0685 e. The van der Waals surface area contributed by atoms with Gasteiger partial charge in [0.1, 0.15) is 0 Å². The first-order chi connectivity index (χ1) is 8.20. The minimum absolute atomic E-state index is 0.266. The Kier molecular flexibility index (Phi) is 3.20. The molecule has 0 aromatic heterocycles. The molecule has 0 aromatic rings. The third-order valence-electron chi connectivity index (χ3n) is 5.76. The van der Waals surface area contributed by atoms with E-state index in [1.54, 1.807) is 0 Å². The zero-order valence-electron chi connectivity index (χ0n) is 11.2. The second-order valence-electron chi connectivity index (χ2n) is 6.79. The van der Waals surface area contributed by atoms with Crippen LogP contribution in [-0.4, -0.2) is 18.2 Å². The average molecular weight is 237 g/mol. The van der Waals surface area contributed by atoms with Crippen LogP contribution in [0.2, 0.25) is 0 Å². The van der Waals surface area contributed by atoms with Gasteiger partial charge < -0.3 is 10.5 Å². The quantitative estimate of drug-likeness (QED) is 0.801. The maximum atomic E-state index is 6.59. The monoisotopic (exact) mass is 237 g/mol. The van der Waals surface area contributed by atoms with Crippen molar-refractivity contribution in [3.63, 3.8) is 0 Å². The SMILES string of the molecule is CC1CCCC1C(N)C1CCOC2(CCC2)C1. The normalized spacial score (nSPS) is 42.4. The van der Waals surface area contributed by atoms with E-state index in [9.17, 15) is 0 Å². The van der Waals surface area contributed by atoms with Gasteiger partial charge in [0.15, 0.2) is 0 Å². The van der Waals surface area contributed by atoms with E-state index in [0.717, 1.165) is 24.4 Å². The van der Waals surface area contributed by atoms with Gasteiger partial charge >= 0.3 is 0 Å². The van der Waals surface area contributed by atoms with E-state index in [1.165, 1.54) is 51.4 Å². The summed E-state index contributed by atoms with van der Waals surface area (Å²) in [5, 5.41) is 0. The Morgan fingerprint density at radius 2 is 2.00 bits per heavy atom. The Hall–Kier alpha value is -0.0800. The Balaban J connectivity index is 1.63. The zero-order valence-corrected chi connectivity index (χ0v) is 11.2. The Morgan fingerprint density at radius 3 is 2.59 bits per heavy atom. The molecule has 4 unspecified atom stereocenters. The fraction of sp³-hybridized carbons (Fsp3) is 1.00. The highest BCUT2D eigenvalue weighted by Crippen LogP contribution is 2.47. The fourth-order valence-corrected chi connectivity index (χ4v) is 4.41. The number of nitrogens with two attached hydrogens (primary N) is 1. The van der Waals surface area contributed by atoms with E-state index in [0.29, 0.717) is 6.04 Å². The summed E-state index contributed by atoms with van der Waals surface area (Å²) in [6.45, 7) is 3.36. The van der Waals surface area contributed by atoms with Crippen molar-refractivity contribution in [3.05, 3.63) is 0 Å². The van der Waals surface area contributed by atoms with Gasteiger partial charge in [-0.3, -0.25) is 0 Å². The highest BCUT2D eigenvalue weighted by molar-refractivity contribution is 4.98. The van der Waals surface area contributed by atoms with Gasteiger partial charge in [0.05, 0.1) is 5.60 Å². The average Bonchev–Trinajstić information content (AvgIpc) is 2.73. The van der Waals surface area contributed by atoms with Crippen LogP contribution < -0.4 is 5.73 Å². The first-order valence-electron chi connectivity index (χ1n) is 7.60. The van der Waals surface area contributed by atoms with Crippen molar-refractivity contribution in [2.45, 2.75) is 69.9 Å². The summed E-state index contributed by atoms with van der Waals surface area (Å²) in [6, 6.07) is 0.439. The first-order valence-corrected chi connectivity index (χ1v) is 7.60. The van der Waals surface area contributed by atoms with Crippen LogP contribution in [0, 0.1) is 17.8 Å². The van der Waals surface area contributed by atoms with Gasteiger partial charge in [0.2, 0.25) is 0 Å². The zero-order chi connectivity index (χ0) is 11.9. The van der Waals surface area contributed by atoms with Crippen molar-refractivity contribution >= 4 is 0 Å². The van der Waals surface area contributed by atoms with Crippen LogP contribution in [0.1, 0.15) is 58.3 Å². The van der Waals surface area contributed by atoms with Crippen molar-refractivity contribution in [2.24, 2.45) is 23.5 Å². The molecule has 1 saturated heterocycles. The molecule has 0 amide bonds. The molecule has 1 heterocycles. The second-order valence-corrected chi connectivity index (χ2v) is 6.79. The van der Waals surface area contributed by atoms with Gasteiger partial charge in [-0.1, -0.05) is 19.8 Å². The molecule has 0 aromatic carbocycles. The Labute approximate surface area is 105 Å². The van der Waals surface area contributed by atoms with Gasteiger partial charge in [-0.25, -0.2) is 0 Å². The van der Waals surface area contributed by atoms with Crippen molar-refractivity contribution in [1.29, 1.82) is 0 Å². The van der Waals surface area contributed by atoms with Gasteiger partial charge in [-0.15, -0.1) is 0 Å². The molecule has 2 N–H and O–H groups in total. The smallest absolute Gasteiger partial charge is 0.0685 e. The van der Waals surface area contributed by atoms with Gasteiger partial charge in [-0.05, 0) is 56.3 Å². The van der Waals surface area contributed by atoms with Gasteiger partial charge in [0, 0.05) is 12.6 Å².